The molecule has 104 valence electrons. The molecule has 2 atom stereocenters. The Balaban J connectivity index is 2.64. The van der Waals surface area contributed by atoms with Gasteiger partial charge in [-0.2, -0.15) is 0 Å². The topological polar surface area (TPSA) is 76.1 Å². The minimum Gasteiger partial charge on any atom is -0.481 e. The van der Waals surface area contributed by atoms with E-state index in [1.165, 1.54) is 4.90 Å². The van der Waals surface area contributed by atoms with Crippen LogP contribution in [0.25, 0.3) is 0 Å². The van der Waals surface area contributed by atoms with Crippen molar-refractivity contribution in [1.29, 1.82) is 0 Å². The lowest BCUT2D eigenvalue weighted by Crippen LogP contribution is -2.48. The number of hydrogen-bond acceptors (Lipinski definition) is 4. The van der Waals surface area contributed by atoms with Crippen LogP contribution in [-0.4, -0.2) is 60.4 Å². The van der Waals surface area contributed by atoms with Gasteiger partial charge in [-0.3, -0.25) is 9.59 Å². The van der Waals surface area contributed by atoms with Gasteiger partial charge in [-0.15, -0.1) is 0 Å². The molecule has 1 heterocycles. The monoisotopic (exact) mass is 259 g/mol. The van der Waals surface area contributed by atoms with Gasteiger partial charge in [0.1, 0.15) is 12.5 Å². The van der Waals surface area contributed by atoms with Crippen molar-refractivity contribution in [3.8, 4) is 0 Å². The Labute approximate surface area is 107 Å². The van der Waals surface area contributed by atoms with Crippen LogP contribution in [0, 0.1) is 5.92 Å². The van der Waals surface area contributed by atoms with Crippen molar-refractivity contribution in [1.82, 2.24) is 4.90 Å². The molecule has 1 saturated heterocycles. The number of nitrogens with zero attached hydrogens (tertiary/aromatic N) is 1. The molecule has 0 aromatic heterocycles. The van der Waals surface area contributed by atoms with E-state index < -0.39 is 17.9 Å². The number of carbonyl (C=O) groups excluding carboxylic acids is 1. The highest BCUT2D eigenvalue weighted by Crippen LogP contribution is 2.20. The van der Waals surface area contributed by atoms with Gasteiger partial charge in [0.2, 0.25) is 5.91 Å². The minimum absolute atomic E-state index is 0.0195. The van der Waals surface area contributed by atoms with Crippen LogP contribution in [0.2, 0.25) is 0 Å². The van der Waals surface area contributed by atoms with Gasteiger partial charge in [0.15, 0.2) is 0 Å². The molecule has 1 N–H and O–H groups in total. The number of aliphatic carboxylic acids is 1. The Hall–Kier alpha value is -1.14. The predicted molar refractivity (Wildman–Crippen MR) is 64.2 cm³/mol. The van der Waals surface area contributed by atoms with Crippen LogP contribution < -0.4 is 0 Å². The third-order valence-corrected chi connectivity index (χ3v) is 2.97. The first-order chi connectivity index (χ1) is 8.47. The largest absolute Gasteiger partial charge is 0.481 e. The Kier molecular flexibility index (Phi) is 5.55. The number of carbonyl (C=O) groups is 2. The molecule has 2 unspecified atom stereocenters. The number of carboxylic acid groups (broad SMARTS) is 1. The summed E-state index contributed by atoms with van der Waals surface area (Å²) in [7, 11) is 0. The van der Waals surface area contributed by atoms with Gasteiger partial charge in [-0.25, -0.2) is 0 Å². The molecule has 0 aromatic rings. The maximum atomic E-state index is 12.0. The summed E-state index contributed by atoms with van der Waals surface area (Å²) in [6, 6.07) is -0.393. The van der Waals surface area contributed by atoms with Crippen LogP contribution in [0.15, 0.2) is 0 Å². The predicted octanol–water partition coefficient (Wildman–Crippen LogP) is 0.360. The fraction of sp³-hybridized carbons (Fsp3) is 0.833. The van der Waals surface area contributed by atoms with Crippen LogP contribution in [0.3, 0.4) is 0 Å². The smallest absolute Gasteiger partial charge is 0.311 e. The Morgan fingerprint density at radius 1 is 1.44 bits per heavy atom. The number of likely N-dealkylation sites (N-methyl/N-ethyl adjacent to an activating group) is 1. The van der Waals surface area contributed by atoms with Gasteiger partial charge in [0.25, 0.3) is 0 Å². The fourth-order valence-corrected chi connectivity index (χ4v) is 2.00. The molecular formula is C12H21NO5. The van der Waals surface area contributed by atoms with E-state index in [0.717, 1.165) is 0 Å². The van der Waals surface area contributed by atoms with Crippen molar-refractivity contribution < 1.29 is 24.2 Å². The molecule has 0 bridgehead atoms. The number of carboxylic acids is 1. The summed E-state index contributed by atoms with van der Waals surface area (Å²) >= 11 is 0. The maximum absolute atomic E-state index is 12.0. The molecule has 6 heteroatoms. The normalized spacial score (nSPS) is 23.3. The lowest BCUT2D eigenvalue weighted by Gasteiger charge is -2.29. The lowest BCUT2D eigenvalue weighted by molar-refractivity contribution is -0.146. The van der Waals surface area contributed by atoms with E-state index in [1.54, 1.807) is 0 Å². The van der Waals surface area contributed by atoms with Crippen LogP contribution in [0.1, 0.15) is 20.8 Å². The second-order valence-corrected chi connectivity index (χ2v) is 4.59. The van der Waals surface area contributed by atoms with Gasteiger partial charge in [0, 0.05) is 6.54 Å². The molecule has 0 radical (unpaired) electrons. The zero-order chi connectivity index (χ0) is 13.7. The molecule has 1 aliphatic rings. The average molecular weight is 259 g/mol. The molecule has 0 aliphatic carbocycles. The highest BCUT2D eigenvalue weighted by molar-refractivity contribution is 5.79. The maximum Gasteiger partial charge on any atom is 0.311 e. The number of hydrogen-bond donors (Lipinski definition) is 1. The molecule has 1 amide bonds. The second-order valence-electron chi connectivity index (χ2n) is 4.59. The van der Waals surface area contributed by atoms with E-state index in [0.29, 0.717) is 6.54 Å². The molecule has 0 spiro atoms. The number of rotatable bonds is 6. The van der Waals surface area contributed by atoms with Crippen LogP contribution in [0.5, 0.6) is 0 Å². The first kappa shape index (κ1) is 14.9. The van der Waals surface area contributed by atoms with E-state index in [1.807, 2.05) is 20.8 Å². The summed E-state index contributed by atoms with van der Waals surface area (Å²) in [6.07, 6.45) is -0.0252. The minimum atomic E-state index is -0.923. The third-order valence-electron chi connectivity index (χ3n) is 2.97. The quantitative estimate of drug-likeness (QED) is 0.745. The summed E-state index contributed by atoms with van der Waals surface area (Å²) in [5.41, 5.74) is 0. The standard InChI is InChI=1S/C12H21NO5/c1-4-13(11(14)7-18-8(2)3)10-6-17-5-9(10)12(15)16/h8-10H,4-7H2,1-3H3,(H,15,16). The molecule has 1 fully saturated rings. The van der Waals surface area contributed by atoms with Crippen LogP contribution in [0.4, 0.5) is 0 Å². The Morgan fingerprint density at radius 2 is 2.11 bits per heavy atom. The highest BCUT2D eigenvalue weighted by atomic mass is 16.5. The highest BCUT2D eigenvalue weighted by Gasteiger charge is 2.39. The molecule has 18 heavy (non-hydrogen) atoms. The third kappa shape index (κ3) is 3.68. The zero-order valence-corrected chi connectivity index (χ0v) is 11.1. The SMILES string of the molecule is CCN(C(=O)COC(C)C)C1COCC1C(=O)O. The molecule has 0 aromatic carbocycles. The van der Waals surface area contributed by atoms with E-state index >= 15 is 0 Å². The first-order valence-electron chi connectivity index (χ1n) is 6.19. The van der Waals surface area contributed by atoms with Crippen LogP contribution >= 0.6 is 0 Å². The molecular weight excluding hydrogens is 238 g/mol. The molecule has 1 aliphatic heterocycles. The van der Waals surface area contributed by atoms with Crippen molar-refractivity contribution in [3.05, 3.63) is 0 Å². The van der Waals surface area contributed by atoms with Crippen molar-refractivity contribution in [2.24, 2.45) is 5.92 Å². The van der Waals surface area contributed by atoms with Gasteiger partial charge in [0.05, 0.1) is 25.4 Å². The van der Waals surface area contributed by atoms with Crippen molar-refractivity contribution in [2.45, 2.75) is 32.9 Å². The summed E-state index contributed by atoms with van der Waals surface area (Å²) in [5.74, 6) is -1.76. The molecule has 1 rings (SSSR count). The van der Waals surface area contributed by atoms with E-state index in [4.69, 9.17) is 14.6 Å². The summed E-state index contributed by atoms with van der Waals surface area (Å²) in [5, 5.41) is 9.08. The van der Waals surface area contributed by atoms with E-state index in [9.17, 15) is 9.59 Å². The summed E-state index contributed by atoms with van der Waals surface area (Å²) < 4.78 is 10.4. The van der Waals surface area contributed by atoms with Gasteiger partial charge >= 0.3 is 5.97 Å². The molecule has 0 saturated carbocycles. The number of amides is 1. The Morgan fingerprint density at radius 3 is 2.61 bits per heavy atom. The molecule has 6 nitrogen and oxygen atoms in total. The van der Waals surface area contributed by atoms with Gasteiger partial charge in [-0.05, 0) is 20.8 Å². The first-order valence-corrected chi connectivity index (χ1v) is 6.19. The van der Waals surface area contributed by atoms with Gasteiger partial charge in [-0.1, -0.05) is 0 Å². The fourth-order valence-electron chi connectivity index (χ4n) is 2.00. The average Bonchev–Trinajstić information content (AvgIpc) is 2.76. The van der Waals surface area contributed by atoms with Crippen molar-refractivity contribution >= 4 is 11.9 Å². The lowest BCUT2D eigenvalue weighted by atomic mass is 10.0. The van der Waals surface area contributed by atoms with Gasteiger partial charge < -0.3 is 19.5 Å². The summed E-state index contributed by atoms with van der Waals surface area (Å²) in [4.78, 5) is 24.6. The summed E-state index contributed by atoms with van der Waals surface area (Å²) in [6.45, 7) is 6.40. The van der Waals surface area contributed by atoms with Crippen molar-refractivity contribution in [3.63, 3.8) is 0 Å². The number of ether oxygens (including phenoxy) is 2. The zero-order valence-electron chi connectivity index (χ0n) is 11.1. The van der Waals surface area contributed by atoms with Crippen molar-refractivity contribution in [2.75, 3.05) is 26.4 Å². The van der Waals surface area contributed by atoms with E-state index in [2.05, 4.69) is 0 Å². The van der Waals surface area contributed by atoms with E-state index in [-0.39, 0.29) is 31.8 Å². The Bertz CT molecular complexity index is 305. The van der Waals surface area contributed by atoms with Crippen LogP contribution in [-0.2, 0) is 19.1 Å². The second kappa shape index (κ2) is 6.70.